The molecule has 9 heteroatoms. The fourth-order valence-electron chi connectivity index (χ4n) is 4.21. The average Bonchev–Trinajstić information content (AvgIpc) is 3.52. The van der Waals surface area contributed by atoms with E-state index in [1.165, 1.54) is 6.07 Å². The van der Waals surface area contributed by atoms with E-state index in [1.807, 2.05) is 24.3 Å². The molecule has 3 N–H and O–H groups in total. The number of halogens is 1. The topological polar surface area (TPSA) is 112 Å². The van der Waals surface area contributed by atoms with E-state index in [1.54, 1.807) is 49.9 Å². The molecule has 0 saturated heterocycles. The number of rotatable bonds is 5. The Morgan fingerprint density at radius 3 is 2.67 bits per heavy atom. The summed E-state index contributed by atoms with van der Waals surface area (Å²) in [4.78, 5) is 28.4. The number of anilines is 1. The summed E-state index contributed by atoms with van der Waals surface area (Å²) in [5.74, 6) is 0.133. The van der Waals surface area contributed by atoms with Crippen molar-refractivity contribution < 1.29 is 9.18 Å². The quantitative estimate of drug-likeness (QED) is 0.294. The maximum atomic E-state index is 14.5. The second kappa shape index (κ2) is 8.70. The maximum absolute atomic E-state index is 14.5. The van der Waals surface area contributed by atoms with Crippen molar-refractivity contribution in [3.63, 3.8) is 0 Å². The minimum absolute atomic E-state index is 0.0735. The molecular weight excluding hydrogens is 457 g/mol. The third kappa shape index (κ3) is 3.76. The number of pyridine rings is 2. The molecule has 4 aromatic heterocycles. The molecule has 8 nitrogen and oxygen atoms in total. The number of carbonyl (C=O) groups excluding carboxylic acids is 1. The number of H-pyrrole nitrogens is 2. The van der Waals surface area contributed by atoms with Crippen molar-refractivity contribution in [2.24, 2.45) is 0 Å². The number of fused-ring (bicyclic) bond motifs is 2. The van der Waals surface area contributed by atoms with Crippen LogP contribution in [0.4, 0.5) is 10.1 Å². The van der Waals surface area contributed by atoms with Gasteiger partial charge in [0.2, 0.25) is 5.91 Å². The lowest BCUT2D eigenvalue weighted by Gasteiger charge is -2.06. The van der Waals surface area contributed by atoms with E-state index in [-0.39, 0.29) is 11.7 Å². The Balaban J connectivity index is 1.44. The summed E-state index contributed by atoms with van der Waals surface area (Å²) in [6.45, 7) is 1.80. The molecule has 36 heavy (non-hydrogen) atoms. The van der Waals surface area contributed by atoms with Gasteiger partial charge in [0, 0.05) is 40.9 Å². The number of aromatic nitrogens is 6. The second-order valence-electron chi connectivity index (χ2n) is 8.35. The molecule has 6 aromatic rings. The van der Waals surface area contributed by atoms with Crippen LogP contribution in [-0.2, 0) is 4.79 Å². The fraction of sp³-hybridized carbons (Fsp3) is 0.0741. The van der Waals surface area contributed by atoms with Crippen LogP contribution in [0.15, 0.2) is 73.3 Å². The predicted octanol–water partition coefficient (Wildman–Crippen LogP) is 5.72. The summed E-state index contributed by atoms with van der Waals surface area (Å²) in [6, 6.07) is 14.3. The van der Waals surface area contributed by atoms with Gasteiger partial charge < -0.3 is 10.3 Å². The number of nitrogens with one attached hydrogen (secondary N) is 3. The summed E-state index contributed by atoms with van der Waals surface area (Å²) in [7, 11) is 0. The van der Waals surface area contributed by atoms with Crippen molar-refractivity contribution in [2.75, 3.05) is 5.32 Å². The number of amides is 1. The van der Waals surface area contributed by atoms with Gasteiger partial charge in [-0.2, -0.15) is 5.10 Å². The number of imidazole rings is 1. The Hall–Kier alpha value is -4.92. The van der Waals surface area contributed by atoms with E-state index < -0.39 is 0 Å². The van der Waals surface area contributed by atoms with Crippen LogP contribution >= 0.6 is 0 Å². The van der Waals surface area contributed by atoms with Gasteiger partial charge >= 0.3 is 0 Å². The summed E-state index contributed by atoms with van der Waals surface area (Å²) in [6.07, 6.45) is 7.03. The molecule has 0 aliphatic heterocycles. The minimum atomic E-state index is -0.336. The molecule has 0 atom stereocenters. The highest BCUT2D eigenvalue weighted by Crippen LogP contribution is 2.33. The van der Waals surface area contributed by atoms with Crippen molar-refractivity contribution >= 4 is 33.5 Å². The van der Waals surface area contributed by atoms with Gasteiger partial charge in [0.15, 0.2) is 5.82 Å². The molecule has 0 spiro atoms. The van der Waals surface area contributed by atoms with Crippen LogP contribution in [0.2, 0.25) is 0 Å². The molecule has 176 valence electrons. The lowest BCUT2D eigenvalue weighted by molar-refractivity contribution is -0.115. The smallest absolute Gasteiger partial charge is 0.224 e. The van der Waals surface area contributed by atoms with Crippen molar-refractivity contribution in [1.82, 2.24) is 30.1 Å². The second-order valence-corrected chi connectivity index (χ2v) is 8.35. The first kappa shape index (κ1) is 21.6. The van der Waals surface area contributed by atoms with E-state index in [9.17, 15) is 9.18 Å². The highest BCUT2D eigenvalue weighted by Gasteiger charge is 2.17. The van der Waals surface area contributed by atoms with Gasteiger partial charge in [0.1, 0.15) is 17.0 Å². The zero-order valence-corrected chi connectivity index (χ0v) is 19.2. The van der Waals surface area contributed by atoms with Crippen molar-refractivity contribution in [3.8, 4) is 33.8 Å². The van der Waals surface area contributed by atoms with E-state index >= 15 is 0 Å². The molecule has 2 aromatic carbocycles. The monoisotopic (exact) mass is 477 g/mol. The Morgan fingerprint density at radius 2 is 1.81 bits per heavy atom. The van der Waals surface area contributed by atoms with Gasteiger partial charge in [-0.3, -0.25) is 19.9 Å². The van der Waals surface area contributed by atoms with Crippen molar-refractivity contribution in [2.45, 2.75) is 13.3 Å². The molecule has 1 amide bonds. The number of hydrogen-bond acceptors (Lipinski definition) is 5. The Bertz CT molecular complexity index is 1750. The summed E-state index contributed by atoms with van der Waals surface area (Å²) >= 11 is 0. The molecule has 0 saturated carbocycles. The van der Waals surface area contributed by atoms with Crippen LogP contribution in [0.3, 0.4) is 0 Å². The van der Waals surface area contributed by atoms with E-state index in [0.29, 0.717) is 45.8 Å². The lowest BCUT2D eigenvalue weighted by atomic mass is 10.0. The Labute approximate surface area is 204 Å². The Morgan fingerprint density at radius 1 is 0.944 bits per heavy atom. The molecule has 0 unspecified atom stereocenters. The number of carbonyl (C=O) groups is 1. The first-order valence-electron chi connectivity index (χ1n) is 11.4. The maximum Gasteiger partial charge on any atom is 0.224 e. The highest BCUT2D eigenvalue weighted by atomic mass is 19.1. The normalized spacial score (nSPS) is 11.3. The van der Waals surface area contributed by atoms with Crippen LogP contribution in [0.5, 0.6) is 0 Å². The van der Waals surface area contributed by atoms with E-state index in [2.05, 4.69) is 30.5 Å². The number of hydrogen-bond donors (Lipinski definition) is 3. The zero-order chi connectivity index (χ0) is 24.6. The number of aromatic amines is 2. The van der Waals surface area contributed by atoms with Gasteiger partial charge in [0.25, 0.3) is 0 Å². The molecule has 6 rings (SSSR count). The standard InChI is InChI=1S/C27H20FN7O/c1-2-24(36)31-17-9-16(11-29-12-17)15-7-8-22-19(10-15)26(35-34-22)27-32-23-14-30-13-20(25(23)33-27)18-5-3-4-6-21(18)28/h3-14H,2H2,1H3,(H,31,36)(H,32,33)(H,34,35). The lowest BCUT2D eigenvalue weighted by Crippen LogP contribution is -2.09. The van der Waals surface area contributed by atoms with Crippen LogP contribution < -0.4 is 5.32 Å². The van der Waals surface area contributed by atoms with Crippen molar-refractivity contribution in [1.29, 1.82) is 0 Å². The number of nitrogens with zero attached hydrogens (tertiary/aromatic N) is 4. The number of benzene rings is 2. The zero-order valence-electron chi connectivity index (χ0n) is 19.2. The highest BCUT2D eigenvalue weighted by molar-refractivity contribution is 5.98. The third-order valence-corrected chi connectivity index (χ3v) is 6.02. The van der Waals surface area contributed by atoms with Gasteiger partial charge in [-0.15, -0.1) is 0 Å². The first-order chi connectivity index (χ1) is 17.6. The Kier molecular flexibility index (Phi) is 5.22. The van der Waals surface area contributed by atoms with E-state index in [4.69, 9.17) is 4.98 Å². The van der Waals surface area contributed by atoms with Crippen LogP contribution in [-0.4, -0.2) is 36.0 Å². The molecule has 4 heterocycles. The molecular formula is C27H20FN7O. The molecule has 0 bridgehead atoms. The van der Waals surface area contributed by atoms with Gasteiger partial charge in [0.05, 0.1) is 29.1 Å². The SMILES string of the molecule is CCC(=O)Nc1cncc(-c2ccc3[nH]nc(-c4nc5c(-c6ccccc6F)cncc5[nH]4)c3c2)c1. The van der Waals surface area contributed by atoms with Crippen LogP contribution in [0.25, 0.3) is 55.7 Å². The van der Waals surface area contributed by atoms with Gasteiger partial charge in [-0.1, -0.05) is 31.2 Å². The molecule has 0 aliphatic rings. The minimum Gasteiger partial charge on any atom is -0.335 e. The van der Waals surface area contributed by atoms with Crippen molar-refractivity contribution in [3.05, 3.63) is 79.1 Å². The van der Waals surface area contributed by atoms with Crippen LogP contribution in [0.1, 0.15) is 13.3 Å². The molecule has 0 radical (unpaired) electrons. The first-order valence-corrected chi connectivity index (χ1v) is 11.4. The predicted molar refractivity (Wildman–Crippen MR) is 137 cm³/mol. The van der Waals surface area contributed by atoms with E-state index in [0.717, 1.165) is 22.0 Å². The van der Waals surface area contributed by atoms with Gasteiger partial charge in [-0.05, 0) is 29.8 Å². The fourth-order valence-corrected chi connectivity index (χ4v) is 4.21. The third-order valence-electron chi connectivity index (χ3n) is 6.02. The van der Waals surface area contributed by atoms with Gasteiger partial charge in [-0.25, -0.2) is 9.37 Å². The molecule has 0 aliphatic carbocycles. The molecule has 0 fully saturated rings. The summed E-state index contributed by atoms with van der Waals surface area (Å²) in [5, 5.41) is 11.2. The average molecular weight is 478 g/mol. The largest absolute Gasteiger partial charge is 0.335 e. The summed E-state index contributed by atoms with van der Waals surface area (Å²) < 4.78 is 14.5. The summed E-state index contributed by atoms with van der Waals surface area (Å²) in [5.41, 5.74) is 6.20. The van der Waals surface area contributed by atoms with Crippen LogP contribution in [0, 0.1) is 5.82 Å².